The molecule has 3 atom stereocenters. The molecule has 0 saturated carbocycles. The molecular formula is C41H83N2O6P. The Hall–Kier alpha value is -0.760. The van der Waals surface area contributed by atoms with Crippen LogP contribution in [0.4, 0.5) is 0 Å². The summed E-state index contributed by atoms with van der Waals surface area (Å²) in [6.45, 7) is 4.69. The number of carbonyl (C=O) groups excluding carboxylic acids is 1. The normalized spacial score (nSPS) is 14.6. The Balaban J connectivity index is 4.43. The second kappa shape index (κ2) is 34.0. The number of hydrogen-bond donors (Lipinski definition) is 2. The molecule has 298 valence electrons. The Labute approximate surface area is 310 Å². The van der Waals surface area contributed by atoms with Crippen LogP contribution in [0.3, 0.4) is 0 Å². The van der Waals surface area contributed by atoms with Crippen LogP contribution in [0.15, 0.2) is 12.2 Å². The van der Waals surface area contributed by atoms with Crippen molar-refractivity contribution in [2.75, 3.05) is 40.9 Å². The van der Waals surface area contributed by atoms with Crippen molar-refractivity contribution in [3.63, 3.8) is 0 Å². The second-order valence-corrected chi connectivity index (χ2v) is 17.1. The molecule has 1 unspecified atom stereocenters. The summed E-state index contributed by atoms with van der Waals surface area (Å²) >= 11 is 0. The average molecular weight is 731 g/mol. The molecule has 0 bridgehead atoms. The Morgan fingerprint density at radius 1 is 0.680 bits per heavy atom. The lowest BCUT2D eigenvalue weighted by Crippen LogP contribution is -2.46. The second-order valence-electron chi connectivity index (χ2n) is 15.7. The van der Waals surface area contributed by atoms with E-state index in [9.17, 15) is 19.4 Å². The van der Waals surface area contributed by atoms with Crippen molar-refractivity contribution in [3.8, 4) is 0 Å². The van der Waals surface area contributed by atoms with E-state index in [1.165, 1.54) is 122 Å². The number of aliphatic hydroxyl groups excluding tert-OH is 1. The molecule has 8 nitrogen and oxygen atoms in total. The maximum Gasteiger partial charge on any atom is 0.268 e. The number of unbranched alkanes of at least 4 members (excludes halogenated alkanes) is 23. The minimum Gasteiger partial charge on any atom is -0.756 e. The van der Waals surface area contributed by atoms with Gasteiger partial charge < -0.3 is 28.8 Å². The van der Waals surface area contributed by atoms with Crippen molar-refractivity contribution < 1.29 is 32.9 Å². The summed E-state index contributed by atoms with van der Waals surface area (Å²) in [5.41, 5.74) is 0. The van der Waals surface area contributed by atoms with Crippen molar-refractivity contribution in [1.82, 2.24) is 5.32 Å². The van der Waals surface area contributed by atoms with Crippen LogP contribution in [0.5, 0.6) is 0 Å². The van der Waals surface area contributed by atoms with E-state index in [0.717, 1.165) is 44.9 Å². The van der Waals surface area contributed by atoms with Crippen molar-refractivity contribution in [2.24, 2.45) is 0 Å². The number of rotatable bonds is 38. The Kier molecular flexibility index (Phi) is 33.5. The molecule has 0 aromatic heterocycles. The van der Waals surface area contributed by atoms with E-state index >= 15 is 0 Å². The van der Waals surface area contributed by atoms with E-state index in [1.54, 1.807) is 0 Å². The molecule has 0 fully saturated rings. The summed E-state index contributed by atoms with van der Waals surface area (Å²) in [6, 6.07) is -0.809. The zero-order valence-electron chi connectivity index (χ0n) is 33.6. The molecule has 50 heavy (non-hydrogen) atoms. The summed E-state index contributed by atoms with van der Waals surface area (Å²) in [4.78, 5) is 25.2. The molecular weight excluding hydrogens is 647 g/mol. The fourth-order valence-electron chi connectivity index (χ4n) is 6.09. The quantitative estimate of drug-likeness (QED) is 0.0283. The molecule has 0 rings (SSSR count). The summed E-state index contributed by atoms with van der Waals surface area (Å²) in [6.07, 6.45) is 36.4. The molecule has 0 aliphatic carbocycles. The highest BCUT2D eigenvalue weighted by Crippen LogP contribution is 2.38. The highest BCUT2D eigenvalue weighted by molar-refractivity contribution is 7.45. The number of hydrogen-bond acceptors (Lipinski definition) is 6. The van der Waals surface area contributed by atoms with Gasteiger partial charge in [-0.05, 0) is 38.5 Å². The number of aliphatic hydroxyl groups is 1. The van der Waals surface area contributed by atoms with Crippen molar-refractivity contribution >= 4 is 13.7 Å². The zero-order chi connectivity index (χ0) is 37.2. The Morgan fingerprint density at radius 2 is 1.10 bits per heavy atom. The third-order valence-electron chi connectivity index (χ3n) is 9.50. The number of allylic oxidation sites excluding steroid dienone is 2. The van der Waals surface area contributed by atoms with Crippen molar-refractivity contribution in [3.05, 3.63) is 12.2 Å². The molecule has 2 N–H and O–H groups in total. The number of nitrogens with zero attached hydrogens (tertiary/aromatic N) is 1. The van der Waals surface area contributed by atoms with E-state index in [4.69, 9.17) is 9.05 Å². The fourth-order valence-corrected chi connectivity index (χ4v) is 6.81. The van der Waals surface area contributed by atoms with Crippen LogP contribution in [0.2, 0.25) is 0 Å². The highest BCUT2D eigenvalue weighted by Gasteiger charge is 2.24. The number of likely N-dealkylation sites (N-methyl/N-ethyl adjacent to an activating group) is 1. The minimum atomic E-state index is -4.56. The molecule has 0 aromatic carbocycles. The molecule has 0 spiro atoms. The number of amides is 1. The maximum absolute atomic E-state index is 12.8. The van der Waals surface area contributed by atoms with Gasteiger partial charge in [-0.25, -0.2) is 0 Å². The SMILES string of the molecule is CCCCCCCCCCCC/C=C/CCCC[C@@H](O)[C@H](COP(=O)([O-])OCC[N+](C)(C)C)NC(=O)CCCCCCCCCCCCCC. The first kappa shape index (κ1) is 49.2. The van der Waals surface area contributed by atoms with E-state index in [2.05, 4.69) is 31.3 Å². The monoisotopic (exact) mass is 731 g/mol. The Bertz CT molecular complexity index is 834. The van der Waals surface area contributed by atoms with E-state index in [-0.39, 0.29) is 19.1 Å². The van der Waals surface area contributed by atoms with Gasteiger partial charge in [0.15, 0.2) is 0 Å². The number of nitrogens with one attached hydrogen (secondary N) is 1. The first-order chi connectivity index (χ1) is 24.0. The summed E-state index contributed by atoms with van der Waals surface area (Å²) in [7, 11) is 1.29. The van der Waals surface area contributed by atoms with Crippen LogP contribution in [0.1, 0.15) is 194 Å². The molecule has 0 saturated heterocycles. The molecule has 9 heteroatoms. The van der Waals surface area contributed by atoms with Gasteiger partial charge in [0.25, 0.3) is 7.82 Å². The zero-order valence-corrected chi connectivity index (χ0v) is 34.5. The maximum atomic E-state index is 12.8. The molecule has 0 heterocycles. The van der Waals surface area contributed by atoms with Gasteiger partial charge in [0.2, 0.25) is 5.91 Å². The van der Waals surface area contributed by atoms with Gasteiger partial charge >= 0.3 is 0 Å². The highest BCUT2D eigenvalue weighted by atomic mass is 31.2. The summed E-state index contributed by atoms with van der Waals surface area (Å²) < 4.78 is 23.2. The number of phosphoric acid groups is 1. The smallest absolute Gasteiger partial charge is 0.268 e. The number of phosphoric ester groups is 1. The summed E-state index contributed by atoms with van der Waals surface area (Å²) in [5, 5.41) is 13.8. The fraction of sp³-hybridized carbons (Fsp3) is 0.927. The third kappa shape index (κ3) is 35.6. The first-order valence-electron chi connectivity index (χ1n) is 21.0. The van der Waals surface area contributed by atoms with E-state index in [0.29, 0.717) is 23.9 Å². The van der Waals surface area contributed by atoms with Gasteiger partial charge in [-0.1, -0.05) is 161 Å². The lowest BCUT2D eigenvalue weighted by Gasteiger charge is -2.30. The van der Waals surface area contributed by atoms with Gasteiger partial charge in [-0.15, -0.1) is 0 Å². The third-order valence-corrected chi connectivity index (χ3v) is 10.5. The summed E-state index contributed by atoms with van der Waals surface area (Å²) in [5.74, 6) is -0.175. The standard InChI is InChI=1S/C41H83N2O6P/c1-6-8-10-12-14-16-18-20-21-22-23-24-26-28-30-32-34-40(44)39(38-49-50(46,47)48-37-36-43(3,4)5)42-41(45)35-33-31-29-27-25-19-17-15-13-11-9-7-2/h24,26,39-40,44H,6-23,25,27-38H2,1-5H3,(H-,42,45,46,47)/b26-24+/t39-,40+/m0/s1. The van der Waals surface area contributed by atoms with Crippen LogP contribution in [-0.2, 0) is 18.4 Å². The predicted octanol–water partition coefficient (Wildman–Crippen LogP) is 10.6. The topological polar surface area (TPSA) is 108 Å². The van der Waals surface area contributed by atoms with Gasteiger partial charge in [-0.3, -0.25) is 9.36 Å². The first-order valence-corrected chi connectivity index (χ1v) is 22.5. The molecule has 0 aromatic rings. The lowest BCUT2D eigenvalue weighted by molar-refractivity contribution is -0.870. The van der Waals surface area contributed by atoms with E-state index in [1.807, 2.05) is 21.1 Å². The molecule has 1 amide bonds. The molecule has 0 radical (unpaired) electrons. The van der Waals surface area contributed by atoms with Crippen LogP contribution in [0.25, 0.3) is 0 Å². The van der Waals surface area contributed by atoms with Crippen LogP contribution in [0, 0.1) is 0 Å². The number of quaternary nitrogens is 1. The van der Waals surface area contributed by atoms with Gasteiger partial charge in [0.1, 0.15) is 13.2 Å². The van der Waals surface area contributed by atoms with Gasteiger partial charge in [0, 0.05) is 6.42 Å². The van der Waals surface area contributed by atoms with Crippen molar-refractivity contribution in [1.29, 1.82) is 0 Å². The largest absolute Gasteiger partial charge is 0.756 e. The van der Waals surface area contributed by atoms with Gasteiger partial charge in [0.05, 0.1) is 39.9 Å². The number of carbonyl (C=O) groups is 1. The Morgan fingerprint density at radius 3 is 1.56 bits per heavy atom. The minimum absolute atomic E-state index is 0.00945. The lowest BCUT2D eigenvalue weighted by atomic mass is 10.0. The van der Waals surface area contributed by atoms with Crippen LogP contribution >= 0.6 is 7.82 Å². The van der Waals surface area contributed by atoms with Crippen molar-refractivity contribution in [2.45, 2.75) is 206 Å². The predicted molar refractivity (Wildman–Crippen MR) is 210 cm³/mol. The van der Waals surface area contributed by atoms with Crippen LogP contribution < -0.4 is 10.2 Å². The molecule has 0 aliphatic heterocycles. The van der Waals surface area contributed by atoms with Gasteiger partial charge in [-0.2, -0.15) is 0 Å². The van der Waals surface area contributed by atoms with E-state index < -0.39 is 20.0 Å². The average Bonchev–Trinajstić information content (AvgIpc) is 3.06. The van der Waals surface area contributed by atoms with Crippen LogP contribution in [-0.4, -0.2) is 68.5 Å². The molecule has 0 aliphatic rings.